The van der Waals surface area contributed by atoms with E-state index in [1.165, 1.54) is 0 Å². The standard InChI is InChI=1S/C14H18O5/c1-4-9-14-7(3)6-8(19-14)10(12(15)17-5-2)11(14)13(16)18-9/h6,8-11H,4-5H2,1-3H3/t8-,9+,10+,11+,14-/m0/s1. The monoisotopic (exact) mass is 266 g/mol. The summed E-state index contributed by atoms with van der Waals surface area (Å²) in [7, 11) is 0. The second-order valence-corrected chi connectivity index (χ2v) is 5.31. The molecule has 3 heterocycles. The average Bonchev–Trinajstić information content (AvgIpc) is 2.96. The van der Waals surface area contributed by atoms with Crippen LogP contribution in [-0.4, -0.2) is 36.4 Å². The van der Waals surface area contributed by atoms with Gasteiger partial charge in [0.1, 0.15) is 23.5 Å². The second kappa shape index (κ2) is 4.07. The molecule has 0 N–H and O–H groups in total. The molecule has 0 aromatic rings. The van der Waals surface area contributed by atoms with Gasteiger partial charge in [-0.25, -0.2) is 0 Å². The smallest absolute Gasteiger partial charge is 0.313 e. The van der Waals surface area contributed by atoms with Gasteiger partial charge in [0.25, 0.3) is 0 Å². The SMILES string of the molecule is CCOC(=O)[C@@H]1[C@@H]2C=C(C)[C@]3(O2)[C@@H](CC)OC(=O)[C@@H]13. The van der Waals surface area contributed by atoms with Crippen molar-refractivity contribution in [2.75, 3.05) is 6.61 Å². The van der Waals surface area contributed by atoms with E-state index in [-0.39, 0.29) is 24.1 Å². The van der Waals surface area contributed by atoms with E-state index in [0.29, 0.717) is 13.0 Å². The van der Waals surface area contributed by atoms with Crippen LogP contribution in [0.3, 0.4) is 0 Å². The van der Waals surface area contributed by atoms with E-state index in [2.05, 4.69) is 0 Å². The highest BCUT2D eigenvalue weighted by Crippen LogP contribution is 2.58. The third kappa shape index (κ3) is 1.39. The third-order valence-corrected chi connectivity index (χ3v) is 4.46. The lowest BCUT2D eigenvalue weighted by Crippen LogP contribution is -2.45. The van der Waals surface area contributed by atoms with Gasteiger partial charge in [0.2, 0.25) is 0 Å². The Morgan fingerprint density at radius 2 is 2.21 bits per heavy atom. The summed E-state index contributed by atoms with van der Waals surface area (Å²) in [4.78, 5) is 24.2. The summed E-state index contributed by atoms with van der Waals surface area (Å²) in [5.41, 5.74) is 0.259. The van der Waals surface area contributed by atoms with Crippen LogP contribution in [0.15, 0.2) is 11.6 Å². The van der Waals surface area contributed by atoms with Crippen LogP contribution < -0.4 is 0 Å². The maximum absolute atomic E-state index is 12.1. The predicted octanol–water partition coefficient (Wildman–Crippen LogP) is 1.21. The van der Waals surface area contributed by atoms with E-state index < -0.39 is 17.4 Å². The summed E-state index contributed by atoms with van der Waals surface area (Å²) in [6, 6.07) is 0. The van der Waals surface area contributed by atoms with Gasteiger partial charge in [-0.3, -0.25) is 9.59 Å². The first-order valence-electron chi connectivity index (χ1n) is 6.80. The van der Waals surface area contributed by atoms with E-state index >= 15 is 0 Å². The van der Waals surface area contributed by atoms with Crippen molar-refractivity contribution >= 4 is 11.9 Å². The Balaban J connectivity index is 2.01. The van der Waals surface area contributed by atoms with Crippen molar-refractivity contribution < 1.29 is 23.8 Å². The van der Waals surface area contributed by atoms with Crippen molar-refractivity contribution in [3.63, 3.8) is 0 Å². The molecule has 2 bridgehead atoms. The Hall–Kier alpha value is -1.36. The fourth-order valence-electron chi connectivity index (χ4n) is 3.73. The van der Waals surface area contributed by atoms with Gasteiger partial charge in [-0.1, -0.05) is 13.0 Å². The normalized spacial score (nSPS) is 42.9. The molecule has 0 saturated carbocycles. The average molecular weight is 266 g/mol. The lowest BCUT2D eigenvalue weighted by Gasteiger charge is -2.30. The first-order chi connectivity index (χ1) is 9.06. The topological polar surface area (TPSA) is 61.8 Å². The minimum atomic E-state index is -0.742. The molecule has 0 aliphatic carbocycles. The van der Waals surface area contributed by atoms with Gasteiger partial charge in [-0.15, -0.1) is 0 Å². The van der Waals surface area contributed by atoms with Crippen LogP contribution in [0.5, 0.6) is 0 Å². The fraction of sp³-hybridized carbons (Fsp3) is 0.714. The Bertz CT molecular complexity index is 468. The first-order valence-corrected chi connectivity index (χ1v) is 6.80. The van der Waals surface area contributed by atoms with E-state index in [1.807, 2.05) is 19.9 Å². The zero-order valence-corrected chi connectivity index (χ0v) is 11.3. The molecule has 5 atom stereocenters. The van der Waals surface area contributed by atoms with Crippen LogP contribution in [-0.2, 0) is 23.8 Å². The van der Waals surface area contributed by atoms with E-state index in [1.54, 1.807) is 6.92 Å². The molecule has 5 nitrogen and oxygen atoms in total. The maximum Gasteiger partial charge on any atom is 0.313 e. The molecule has 3 aliphatic rings. The van der Waals surface area contributed by atoms with E-state index in [0.717, 1.165) is 5.57 Å². The van der Waals surface area contributed by atoms with Crippen LogP contribution in [0, 0.1) is 11.8 Å². The molecule has 5 heteroatoms. The number of esters is 2. The number of hydrogen-bond donors (Lipinski definition) is 0. The van der Waals surface area contributed by atoms with Gasteiger partial charge >= 0.3 is 11.9 Å². The third-order valence-electron chi connectivity index (χ3n) is 4.46. The van der Waals surface area contributed by atoms with Gasteiger partial charge in [-0.05, 0) is 25.8 Å². The molecule has 0 amide bonds. The Morgan fingerprint density at radius 3 is 2.84 bits per heavy atom. The molecule has 2 saturated heterocycles. The largest absolute Gasteiger partial charge is 0.466 e. The van der Waals surface area contributed by atoms with E-state index in [4.69, 9.17) is 14.2 Å². The fourth-order valence-corrected chi connectivity index (χ4v) is 3.73. The van der Waals surface area contributed by atoms with Gasteiger partial charge in [0.05, 0.1) is 12.7 Å². The van der Waals surface area contributed by atoms with Crippen molar-refractivity contribution in [2.45, 2.75) is 45.0 Å². The van der Waals surface area contributed by atoms with Crippen LogP contribution in [0.4, 0.5) is 0 Å². The molecule has 0 radical (unpaired) electrons. The summed E-state index contributed by atoms with van der Waals surface area (Å²) in [6.45, 7) is 5.96. The molecule has 0 unspecified atom stereocenters. The molecular weight excluding hydrogens is 248 g/mol. The second-order valence-electron chi connectivity index (χ2n) is 5.31. The molecule has 3 rings (SSSR count). The van der Waals surface area contributed by atoms with Crippen molar-refractivity contribution in [3.05, 3.63) is 11.6 Å². The lowest BCUT2D eigenvalue weighted by molar-refractivity contribution is -0.158. The summed E-state index contributed by atoms with van der Waals surface area (Å²) >= 11 is 0. The number of carbonyl (C=O) groups excluding carboxylic acids is 2. The molecule has 0 aromatic carbocycles. The van der Waals surface area contributed by atoms with Crippen LogP contribution in [0.25, 0.3) is 0 Å². The summed E-state index contributed by atoms with van der Waals surface area (Å²) in [5, 5.41) is 0. The highest BCUT2D eigenvalue weighted by Gasteiger charge is 2.72. The van der Waals surface area contributed by atoms with E-state index in [9.17, 15) is 9.59 Å². The Morgan fingerprint density at radius 1 is 1.47 bits per heavy atom. The number of ether oxygens (including phenoxy) is 3. The zero-order valence-electron chi connectivity index (χ0n) is 11.3. The molecule has 104 valence electrons. The summed E-state index contributed by atoms with van der Waals surface area (Å²) in [5.74, 6) is -1.81. The summed E-state index contributed by atoms with van der Waals surface area (Å²) in [6.07, 6.45) is 1.95. The molecule has 19 heavy (non-hydrogen) atoms. The first kappa shape index (κ1) is 12.7. The van der Waals surface area contributed by atoms with Crippen molar-refractivity contribution in [2.24, 2.45) is 11.8 Å². The van der Waals surface area contributed by atoms with Crippen LogP contribution in [0.2, 0.25) is 0 Å². The minimum absolute atomic E-state index is 0.300. The Kier molecular flexibility index (Phi) is 2.71. The van der Waals surface area contributed by atoms with Gasteiger partial charge in [-0.2, -0.15) is 0 Å². The number of cyclic esters (lactones) is 1. The van der Waals surface area contributed by atoms with Crippen molar-refractivity contribution in [1.82, 2.24) is 0 Å². The van der Waals surface area contributed by atoms with Crippen LogP contribution in [0.1, 0.15) is 27.2 Å². The Labute approximate surface area is 111 Å². The van der Waals surface area contributed by atoms with Gasteiger partial charge in [0.15, 0.2) is 0 Å². The molecular formula is C14H18O5. The summed E-state index contributed by atoms with van der Waals surface area (Å²) < 4.78 is 16.5. The molecule has 3 aliphatic heterocycles. The highest BCUT2D eigenvalue weighted by atomic mass is 16.6. The molecule has 0 aromatic heterocycles. The quantitative estimate of drug-likeness (QED) is 0.567. The molecule has 2 fully saturated rings. The minimum Gasteiger partial charge on any atom is -0.466 e. The van der Waals surface area contributed by atoms with Gasteiger partial charge < -0.3 is 14.2 Å². The van der Waals surface area contributed by atoms with Gasteiger partial charge in [0, 0.05) is 0 Å². The number of hydrogen-bond acceptors (Lipinski definition) is 5. The van der Waals surface area contributed by atoms with Crippen LogP contribution >= 0.6 is 0 Å². The predicted molar refractivity (Wildman–Crippen MR) is 65.1 cm³/mol. The maximum atomic E-state index is 12.1. The van der Waals surface area contributed by atoms with Crippen molar-refractivity contribution in [1.29, 1.82) is 0 Å². The zero-order chi connectivity index (χ0) is 13.8. The number of carbonyl (C=O) groups is 2. The van der Waals surface area contributed by atoms with Crippen molar-refractivity contribution in [3.8, 4) is 0 Å². The highest BCUT2D eigenvalue weighted by molar-refractivity contribution is 5.88. The number of fused-ring (bicyclic) bond motifs is 1. The molecule has 1 spiro atoms. The number of rotatable bonds is 3. The lowest BCUT2D eigenvalue weighted by atomic mass is 9.70.